The number of hydrogen-bond donors (Lipinski definition) is 0. The van der Waals surface area contributed by atoms with E-state index in [9.17, 15) is 0 Å². The van der Waals surface area contributed by atoms with Gasteiger partial charge in [-0.05, 0) is 44.2 Å². The van der Waals surface area contributed by atoms with Crippen LogP contribution in [0.5, 0.6) is 0 Å². The van der Waals surface area contributed by atoms with Gasteiger partial charge in [0, 0.05) is 23.6 Å². The van der Waals surface area contributed by atoms with Crippen LogP contribution in [-0.4, -0.2) is 12.6 Å². The second kappa shape index (κ2) is 5.22. The van der Waals surface area contributed by atoms with Crippen molar-refractivity contribution in [3.8, 4) is 0 Å². The van der Waals surface area contributed by atoms with E-state index in [0.717, 1.165) is 11.2 Å². The van der Waals surface area contributed by atoms with Crippen LogP contribution in [-0.2, 0) is 5.33 Å². The van der Waals surface area contributed by atoms with Crippen LogP contribution in [0.3, 0.4) is 0 Å². The van der Waals surface area contributed by atoms with Gasteiger partial charge in [0.25, 0.3) is 0 Å². The molecule has 0 saturated heterocycles. The molecule has 1 aromatic rings. The average Bonchev–Trinajstić information content (AvgIpc) is 3.09. The Morgan fingerprint density at radius 3 is 2.56 bits per heavy atom. The topological polar surface area (TPSA) is 3.24 Å². The molecule has 0 aliphatic heterocycles. The highest BCUT2D eigenvalue weighted by Crippen LogP contribution is 2.33. The van der Waals surface area contributed by atoms with Gasteiger partial charge in [0.15, 0.2) is 0 Å². The van der Waals surface area contributed by atoms with Gasteiger partial charge >= 0.3 is 0 Å². The van der Waals surface area contributed by atoms with E-state index in [-0.39, 0.29) is 0 Å². The van der Waals surface area contributed by atoms with Gasteiger partial charge in [0.1, 0.15) is 0 Å². The van der Waals surface area contributed by atoms with Crippen molar-refractivity contribution in [2.45, 2.75) is 38.1 Å². The van der Waals surface area contributed by atoms with Crippen molar-refractivity contribution in [3.05, 3.63) is 29.8 Å². The Bertz CT molecular complexity index is 344. The molecular formula is C14H20BrN. The van der Waals surface area contributed by atoms with Gasteiger partial charge in [-0.25, -0.2) is 0 Å². The molecule has 0 aromatic heterocycles. The molecule has 88 valence electrons. The number of hydrogen-bond acceptors (Lipinski definition) is 1. The van der Waals surface area contributed by atoms with Crippen molar-refractivity contribution in [1.29, 1.82) is 0 Å². The predicted octanol–water partition coefficient (Wildman–Crippen LogP) is 4.21. The third-order valence-corrected chi connectivity index (χ3v) is 3.82. The van der Waals surface area contributed by atoms with Crippen LogP contribution >= 0.6 is 15.9 Å². The van der Waals surface area contributed by atoms with Crippen molar-refractivity contribution >= 4 is 21.6 Å². The van der Waals surface area contributed by atoms with Crippen LogP contribution in [0.1, 0.15) is 32.3 Å². The maximum atomic E-state index is 3.58. The lowest BCUT2D eigenvalue weighted by atomic mass is 10.1. The molecule has 1 nitrogen and oxygen atoms in total. The van der Waals surface area contributed by atoms with Gasteiger partial charge in [-0.2, -0.15) is 0 Å². The lowest BCUT2D eigenvalue weighted by Gasteiger charge is -2.30. The van der Waals surface area contributed by atoms with Crippen LogP contribution < -0.4 is 4.90 Å². The largest absolute Gasteiger partial charge is 0.369 e. The van der Waals surface area contributed by atoms with Crippen LogP contribution in [0, 0.1) is 5.92 Å². The second-order valence-electron chi connectivity index (χ2n) is 4.95. The number of benzene rings is 1. The third kappa shape index (κ3) is 2.79. The predicted molar refractivity (Wildman–Crippen MR) is 74.3 cm³/mol. The van der Waals surface area contributed by atoms with E-state index >= 15 is 0 Å². The van der Waals surface area contributed by atoms with Gasteiger partial charge in [-0.3, -0.25) is 0 Å². The van der Waals surface area contributed by atoms with Crippen molar-refractivity contribution < 1.29 is 0 Å². The van der Waals surface area contributed by atoms with Crippen LogP contribution in [0.2, 0.25) is 0 Å². The molecule has 0 unspecified atom stereocenters. The Kier molecular flexibility index (Phi) is 3.91. The fourth-order valence-corrected chi connectivity index (χ4v) is 2.54. The van der Waals surface area contributed by atoms with Crippen molar-refractivity contribution in [1.82, 2.24) is 0 Å². The monoisotopic (exact) mass is 281 g/mol. The summed E-state index contributed by atoms with van der Waals surface area (Å²) < 4.78 is 0. The van der Waals surface area contributed by atoms with Crippen molar-refractivity contribution in [2.75, 3.05) is 11.4 Å². The van der Waals surface area contributed by atoms with Gasteiger partial charge < -0.3 is 4.90 Å². The SMILES string of the molecule is CC(C)N(CC1CC1)c1ccccc1CBr. The fraction of sp³-hybridized carbons (Fsp3) is 0.571. The Balaban J connectivity index is 2.22. The summed E-state index contributed by atoms with van der Waals surface area (Å²) in [5.74, 6) is 0.936. The molecule has 1 aliphatic carbocycles. The zero-order valence-electron chi connectivity index (χ0n) is 10.1. The Morgan fingerprint density at radius 1 is 1.31 bits per heavy atom. The lowest BCUT2D eigenvalue weighted by Crippen LogP contribution is -2.33. The first-order valence-electron chi connectivity index (χ1n) is 6.13. The number of para-hydroxylation sites is 1. The fourth-order valence-electron chi connectivity index (χ4n) is 2.07. The van der Waals surface area contributed by atoms with E-state index in [4.69, 9.17) is 0 Å². The summed E-state index contributed by atoms with van der Waals surface area (Å²) in [5.41, 5.74) is 2.80. The van der Waals surface area contributed by atoms with Crippen LogP contribution in [0.4, 0.5) is 5.69 Å². The molecule has 2 rings (SSSR count). The van der Waals surface area contributed by atoms with Gasteiger partial charge in [-0.1, -0.05) is 34.1 Å². The molecule has 1 aromatic carbocycles. The smallest absolute Gasteiger partial charge is 0.0409 e. The number of anilines is 1. The molecule has 1 saturated carbocycles. The van der Waals surface area contributed by atoms with Crippen LogP contribution in [0.25, 0.3) is 0 Å². The summed E-state index contributed by atoms with van der Waals surface area (Å²) in [5, 5.41) is 0.942. The molecule has 0 bridgehead atoms. The van der Waals surface area contributed by atoms with E-state index in [1.165, 1.54) is 30.6 Å². The van der Waals surface area contributed by atoms with E-state index in [2.05, 4.69) is 58.9 Å². The zero-order valence-corrected chi connectivity index (χ0v) is 11.7. The summed E-state index contributed by atoms with van der Waals surface area (Å²) in [4.78, 5) is 2.55. The minimum absolute atomic E-state index is 0.584. The molecular weight excluding hydrogens is 262 g/mol. The molecule has 0 radical (unpaired) electrons. The molecule has 1 aliphatic rings. The zero-order chi connectivity index (χ0) is 11.5. The van der Waals surface area contributed by atoms with E-state index < -0.39 is 0 Å². The molecule has 0 N–H and O–H groups in total. The average molecular weight is 282 g/mol. The lowest BCUT2D eigenvalue weighted by molar-refractivity contribution is 0.643. The summed E-state index contributed by atoms with van der Waals surface area (Å²) in [6.07, 6.45) is 2.83. The van der Waals surface area contributed by atoms with Crippen molar-refractivity contribution in [2.24, 2.45) is 5.92 Å². The van der Waals surface area contributed by atoms with E-state index in [1.54, 1.807) is 0 Å². The molecule has 0 spiro atoms. The van der Waals surface area contributed by atoms with Gasteiger partial charge in [-0.15, -0.1) is 0 Å². The first kappa shape index (κ1) is 12.0. The highest BCUT2D eigenvalue weighted by molar-refractivity contribution is 9.08. The molecule has 1 fully saturated rings. The van der Waals surface area contributed by atoms with Crippen LogP contribution in [0.15, 0.2) is 24.3 Å². The summed E-state index contributed by atoms with van der Waals surface area (Å²) in [6, 6.07) is 9.31. The van der Waals surface area contributed by atoms with Crippen molar-refractivity contribution in [3.63, 3.8) is 0 Å². The highest BCUT2D eigenvalue weighted by atomic mass is 79.9. The third-order valence-electron chi connectivity index (χ3n) is 3.22. The maximum Gasteiger partial charge on any atom is 0.0409 e. The van der Waals surface area contributed by atoms with E-state index in [0.29, 0.717) is 6.04 Å². The molecule has 16 heavy (non-hydrogen) atoms. The summed E-state index contributed by atoms with van der Waals surface area (Å²) in [7, 11) is 0. The quantitative estimate of drug-likeness (QED) is 0.731. The summed E-state index contributed by atoms with van der Waals surface area (Å²) in [6.45, 7) is 5.79. The number of nitrogens with zero attached hydrogens (tertiary/aromatic N) is 1. The number of rotatable bonds is 5. The summed E-state index contributed by atoms with van der Waals surface area (Å²) >= 11 is 3.58. The Hall–Kier alpha value is -0.500. The Morgan fingerprint density at radius 2 is 2.00 bits per heavy atom. The number of halogens is 1. The molecule has 0 heterocycles. The molecule has 2 heteroatoms. The first-order valence-corrected chi connectivity index (χ1v) is 7.25. The number of alkyl halides is 1. The standard InChI is InChI=1S/C14H20BrN/c1-11(2)16(10-12-7-8-12)14-6-4-3-5-13(14)9-15/h3-6,11-12H,7-10H2,1-2H3. The first-order chi connectivity index (χ1) is 7.72. The minimum atomic E-state index is 0.584. The maximum absolute atomic E-state index is 3.58. The second-order valence-corrected chi connectivity index (χ2v) is 5.51. The highest BCUT2D eigenvalue weighted by Gasteiger charge is 2.26. The molecule has 0 atom stereocenters. The normalized spacial score (nSPS) is 15.5. The van der Waals surface area contributed by atoms with E-state index in [1.807, 2.05) is 0 Å². The van der Waals surface area contributed by atoms with Gasteiger partial charge in [0.05, 0.1) is 0 Å². The Labute approximate surface area is 107 Å². The minimum Gasteiger partial charge on any atom is -0.369 e. The molecule has 0 amide bonds. The van der Waals surface area contributed by atoms with Gasteiger partial charge in [0.2, 0.25) is 0 Å².